The Kier molecular flexibility index (Phi) is 10.3. The van der Waals surface area contributed by atoms with Gasteiger partial charge in [-0.05, 0) is 71.1 Å². The third-order valence-electron chi connectivity index (χ3n) is 6.09. The molecule has 4 aromatic rings. The van der Waals surface area contributed by atoms with E-state index in [1.807, 2.05) is 66.7 Å². The Morgan fingerprint density at radius 2 is 1.30 bits per heavy atom. The summed E-state index contributed by atoms with van der Waals surface area (Å²) in [4.78, 5) is 11.0. The van der Waals surface area contributed by atoms with Crippen LogP contribution >= 0.6 is 0 Å². The Bertz CT molecular complexity index is 1380. The molecule has 6 heteroatoms. The van der Waals surface area contributed by atoms with Crippen LogP contribution in [-0.4, -0.2) is 25.8 Å². The Morgan fingerprint density at radius 3 is 1.93 bits per heavy atom. The van der Waals surface area contributed by atoms with E-state index in [0.717, 1.165) is 46.2 Å². The minimum atomic E-state index is -0.449. The molecule has 0 aliphatic carbocycles. The van der Waals surface area contributed by atoms with Crippen LogP contribution in [0, 0.1) is 5.82 Å². The lowest BCUT2D eigenvalue weighted by atomic mass is 9.99. The average molecular weight is 541 g/mol. The Balaban J connectivity index is 1.30. The van der Waals surface area contributed by atoms with E-state index < -0.39 is 5.97 Å². The molecule has 0 aliphatic heterocycles. The Morgan fingerprint density at radius 1 is 0.725 bits per heavy atom. The number of rotatable bonds is 14. The van der Waals surface area contributed by atoms with Crippen molar-refractivity contribution in [3.05, 3.63) is 115 Å². The minimum absolute atomic E-state index is 0.264. The van der Waals surface area contributed by atoms with Crippen LogP contribution in [0.4, 0.5) is 4.39 Å². The Hall–Kier alpha value is -4.58. The molecule has 0 spiro atoms. The van der Waals surface area contributed by atoms with Gasteiger partial charge in [0.05, 0.1) is 19.8 Å². The van der Waals surface area contributed by atoms with Crippen LogP contribution in [-0.2, 0) is 16.1 Å². The number of hydrogen-bond donors (Lipinski definition) is 0. The van der Waals surface area contributed by atoms with E-state index in [4.69, 9.17) is 18.9 Å². The van der Waals surface area contributed by atoms with Crippen molar-refractivity contribution in [3.8, 4) is 39.5 Å². The molecule has 0 atom stereocenters. The fourth-order valence-electron chi connectivity index (χ4n) is 3.95. The fraction of sp³-hybridized carbons (Fsp3) is 0.206. The van der Waals surface area contributed by atoms with Crippen LogP contribution in [0.1, 0.15) is 25.3 Å². The van der Waals surface area contributed by atoms with Gasteiger partial charge in [-0.2, -0.15) is 0 Å². The van der Waals surface area contributed by atoms with Gasteiger partial charge < -0.3 is 18.9 Å². The maximum atomic E-state index is 15.1. The number of ether oxygens (including phenoxy) is 4. The van der Waals surface area contributed by atoms with Gasteiger partial charge in [0.25, 0.3) is 0 Å². The van der Waals surface area contributed by atoms with Crippen LogP contribution < -0.4 is 14.2 Å². The summed E-state index contributed by atoms with van der Waals surface area (Å²) in [7, 11) is 0. The van der Waals surface area contributed by atoms with E-state index in [1.165, 1.54) is 0 Å². The highest BCUT2D eigenvalue weighted by Gasteiger charge is 2.09. The molecule has 5 nitrogen and oxygen atoms in total. The summed E-state index contributed by atoms with van der Waals surface area (Å²) in [6.45, 7) is 7.25. The highest BCUT2D eigenvalue weighted by atomic mass is 19.1. The maximum Gasteiger partial charge on any atom is 0.330 e. The number of benzene rings is 4. The van der Waals surface area contributed by atoms with Crippen molar-refractivity contribution >= 4 is 5.97 Å². The molecule has 0 bridgehead atoms. The van der Waals surface area contributed by atoms with E-state index in [1.54, 1.807) is 24.3 Å². The molecule has 0 heterocycles. The monoisotopic (exact) mass is 540 g/mol. The largest absolute Gasteiger partial charge is 0.494 e. The third kappa shape index (κ3) is 8.21. The molecule has 0 N–H and O–H groups in total. The van der Waals surface area contributed by atoms with Gasteiger partial charge >= 0.3 is 5.97 Å². The van der Waals surface area contributed by atoms with Crippen molar-refractivity contribution in [1.82, 2.24) is 0 Å². The van der Waals surface area contributed by atoms with Gasteiger partial charge in [0.1, 0.15) is 29.7 Å². The lowest BCUT2D eigenvalue weighted by Gasteiger charge is -2.11. The van der Waals surface area contributed by atoms with E-state index in [0.29, 0.717) is 37.6 Å². The summed E-state index contributed by atoms with van der Waals surface area (Å²) >= 11 is 0. The first kappa shape index (κ1) is 28.4. The van der Waals surface area contributed by atoms with Crippen LogP contribution in [0.15, 0.2) is 104 Å². The average Bonchev–Trinajstić information content (AvgIpc) is 3.00. The number of halogens is 1. The van der Waals surface area contributed by atoms with Gasteiger partial charge in [-0.25, -0.2) is 9.18 Å². The first-order valence-corrected chi connectivity index (χ1v) is 13.3. The molecule has 0 saturated heterocycles. The molecular weight excluding hydrogens is 507 g/mol. The van der Waals surface area contributed by atoms with Gasteiger partial charge in [0.15, 0.2) is 0 Å². The van der Waals surface area contributed by atoms with Crippen LogP contribution in [0.2, 0.25) is 0 Å². The van der Waals surface area contributed by atoms with Gasteiger partial charge in [-0.1, -0.05) is 62.0 Å². The zero-order chi connectivity index (χ0) is 28.2. The first-order valence-electron chi connectivity index (χ1n) is 13.3. The van der Waals surface area contributed by atoms with Gasteiger partial charge in [-0.15, -0.1) is 0 Å². The zero-order valence-corrected chi connectivity index (χ0v) is 22.6. The van der Waals surface area contributed by atoms with Gasteiger partial charge in [0.2, 0.25) is 0 Å². The smallest absolute Gasteiger partial charge is 0.330 e. The van der Waals surface area contributed by atoms with Crippen molar-refractivity contribution in [2.45, 2.75) is 26.4 Å². The summed E-state index contributed by atoms with van der Waals surface area (Å²) in [5.74, 6) is 1.51. The van der Waals surface area contributed by atoms with Crippen LogP contribution in [0.5, 0.6) is 17.2 Å². The second-order valence-corrected chi connectivity index (χ2v) is 9.10. The predicted molar refractivity (Wildman–Crippen MR) is 155 cm³/mol. The second kappa shape index (κ2) is 14.5. The van der Waals surface area contributed by atoms with Gasteiger partial charge in [-0.3, -0.25) is 0 Å². The second-order valence-electron chi connectivity index (χ2n) is 9.10. The van der Waals surface area contributed by atoms with E-state index in [-0.39, 0.29) is 12.4 Å². The van der Waals surface area contributed by atoms with Crippen molar-refractivity contribution in [1.29, 1.82) is 0 Å². The first-order chi connectivity index (χ1) is 19.6. The quantitative estimate of drug-likeness (QED) is 0.0921. The summed E-state index contributed by atoms with van der Waals surface area (Å²) in [5.41, 5.74) is 4.00. The summed E-state index contributed by atoms with van der Waals surface area (Å²) in [6.07, 6.45) is 2.67. The van der Waals surface area contributed by atoms with E-state index >= 15 is 4.39 Å². The fourth-order valence-corrected chi connectivity index (χ4v) is 3.95. The molecular formula is C34H33FO5. The minimum Gasteiger partial charge on any atom is -0.494 e. The van der Waals surface area contributed by atoms with E-state index in [9.17, 15) is 4.79 Å². The molecule has 0 saturated carbocycles. The third-order valence-corrected chi connectivity index (χ3v) is 6.09. The molecule has 0 amide bonds. The number of carbonyl (C=O) groups is 1. The van der Waals surface area contributed by atoms with Crippen molar-refractivity contribution in [2.24, 2.45) is 0 Å². The summed E-state index contributed by atoms with van der Waals surface area (Å²) in [5, 5.41) is 0. The molecule has 0 unspecified atom stereocenters. The molecule has 206 valence electrons. The zero-order valence-electron chi connectivity index (χ0n) is 22.6. The van der Waals surface area contributed by atoms with Crippen molar-refractivity contribution in [2.75, 3.05) is 19.8 Å². The van der Waals surface area contributed by atoms with E-state index in [2.05, 4.69) is 13.5 Å². The summed E-state index contributed by atoms with van der Waals surface area (Å²) < 4.78 is 37.2. The normalized spacial score (nSPS) is 10.6. The molecule has 40 heavy (non-hydrogen) atoms. The van der Waals surface area contributed by atoms with Crippen LogP contribution in [0.25, 0.3) is 22.3 Å². The highest BCUT2D eigenvalue weighted by molar-refractivity contribution is 5.81. The van der Waals surface area contributed by atoms with Crippen molar-refractivity contribution in [3.63, 3.8) is 0 Å². The molecule has 0 fully saturated rings. The predicted octanol–water partition coefficient (Wildman–Crippen LogP) is 8.03. The molecule has 0 aromatic heterocycles. The summed E-state index contributed by atoms with van der Waals surface area (Å²) in [6, 6.07) is 28.0. The van der Waals surface area contributed by atoms with Crippen molar-refractivity contribution < 1.29 is 28.1 Å². The highest BCUT2D eigenvalue weighted by Crippen LogP contribution is 2.30. The van der Waals surface area contributed by atoms with Crippen LogP contribution in [0.3, 0.4) is 0 Å². The standard InChI is InChI=1S/C34H33FO5/c1-3-20-37-29-13-6-25(7-14-29)24-40-31-15-8-26(9-16-31)28-12-19-32(33(35)23-28)27-10-17-30(18-11-27)38-21-5-22-39-34(36)4-2/h4,6-19,23H,2-3,5,20-22,24H2,1H3. The topological polar surface area (TPSA) is 54.0 Å². The maximum absolute atomic E-state index is 15.1. The lowest BCUT2D eigenvalue weighted by Crippen LogP contribution is -2.06. The number of esters is 1. The number of carbonyl (C=O) groups excluding carboxylic acids is 1. The molecule has 4 rings (SSSR count). The van der Waals surface area contributed by atoms with Gasteiger partial charge in [0, 0.05) is 18.1 Å². The SMILES string of the molecule is C=CC(=O)OCCCOc1ccc(-c2ccc(-c3ccc(OCc4ccc(OCCC)cc4)cc3)cc2F)cc1. The molecule has 4 aromatic carbocycles. The lowest BCUT2D eigenvalue weighted by molar-refractivity contribution is -0.137. The molecule has 0 radical (unpaired) electrons. The Labute approximate surface area is 234 Å². The number of hydrogen-bond acceptors (Lipinski definition) is 5. The molecule has 0 aliphatic rings.